The van der Waals surface area contributed by atoms with E-state index in [1.807, 2.05) is 11.3 Å². The van der Waals surface area contributed by atoms with E-state index in [0.717, 1.165) is 41.3 Å². The van der Waals surface area contributed by atoms with Crippen LogP contribution < -0.4 is 25.5 Å². The number of nitrogens with zero attached hydrogens (tertiary/aromatic N) is 2. The maximum absolute atomic E-state index is 9.48. The molecule has 4 heteroatoms. The van der Waals surface area contributed by atoms with E-state index in [1.165, 1.54) is 90.5 Å². The first-order valence-electron chi connectivity index (χ1n) is 27.1. The molecule has 0 amide bonds. The van der Waals surface area contributed by atoms with Crippen LogP contribution in [0.15, 0.2) is 115 Å². The summed E-state index contributed by atoms with van der Waals surface area (Å²) in [6.07, 6.45) is 7.03. The molecule has 0 unspecified atom stereocenters. The normalized spacial score (nSPS) is 23.2. The highest BCUT2D eigenvalue weighted by Crippen LogP contribution is 2.59. The van der Waals surface area contributed by atoms with E-state index in [-0.39, 0.29) is 75.0 Å². The van der Waals surface area contributed by atoms with Crippen molar-refractivity contribution in [2.24, 2.45) is 0 Å². The van der Waals surface area contributed by atoms with Gasteiger partial charge in [-0.1, -0.05) is 144 Å². The molecule has 4 aliphatic carbocycles. The molecule has 0 atom stereocenters. The minimum atomic E-state index is -0.387. The summed E-state index contributed by atoms with van der Waals surface area (Å²) < 4.78 is 48.2. The molecule has 6 aromatic carbocycles. The monoisotopic (exact) mass is 888 g/mol. The van der Waals surface area contributed by atoms with E-state index >= 15 is 0 Å². The van der Waals surface area contributed by atoms with Gasteiger partial charge in [-0.15, -0.1) is 11.3 Å². The van der Waals surface area contributed by atoms with Crippen LogP contribution in [-0.2, 0) is 32.5 Å². The summed E-state index contributed by atoms with van der Waals surface area (Å²) in [7, 11) is 0. The summed E-state index contributed by atoms with van der Waals surface area (Å²) in [4.78, 5) is 4.97. The lowest BCUT2D eigenvalue weighted by atomic mass is 9.36. The third-order valence-electron chi connectivity index (χ3n) is 17.3. The van der Waals surface area contributed by atoms with Gasteiger partial charge in [-0.2, -0.15) is 0 Å². The number of fused-ring (bicyclic) bond motifs is 9. The van der Waals surface area contributed by atoms with Gasteiger partial charge in [0, 0.05) is 43.3 Å². The molecule has 0 saturated heterocycles. The lowest BCUT2D eigenvalue weighted by Crippen LogP contribution is -2.60. The zero-order chi connectivity index (χ0) is 50.4. The van der Waals surface area contributed by atoms with E-state index in [0.29, 0.717) is 5.56 Å². The van der Waals surface area contributed by atoms with Gasteiger partial charge in [0.1, 0.15) is 0 Å². The second-order valence-corrected chi connectivity index (χ2v) is 25.8. The van der Waals surface area contributed by atoms with Crippen LogP contribution in [0.4, 0.5) is 34.1 Å². The fraction of sp³-hybridized carbons (Fsp3) is 0.387. The third kappa shape index (κ3) is 6.11. The number of thiophene rings is 1. The minimum absolute atomic E-state index is 0.0261. The van der Waals surface area contributed by atoms with Gasteiger partial charge in [0.25, 0.3) is 6.71 Å². The zero-order valence-electron chi connectivity index (χ0n) is 46.2. The van der Waals surface area contributed by atoms with Gasteiger partial charge in [-0.25, -0.2) is 0 Å². The molecule has 7 aromatic rings. The van der Waals surface area contributed by atoms with Gasteiger partial charge in [-0.05, 0) is 181 Å². The molecule has 2 bridgehead atoms. The van der Waals surface area contributed by atoms with Gasteiger partial charge in [0.15, 0.2) is 0 Å². The van der Waals surface area contributed by atoms with Crippen LogP contribution in [0.25, 0.3) is 21.2 Å². The Labute approximate surface area is 406 Å². The van der Waals surface area contributed by atoms with E-state index in [9.17, 15) is 2.74 Å². The number of anilines is 6. The standard InChI is InChI=1S/C62H67BN2S/c1-57(2,3)40-19-16-20-42(33-40)64-50-34-41(58(4,5)6)21-24-49(50)63-54-51(64)31-39(38-17-14-13-15-18-38)32-52(54)65(43-22-23-45-46(35-43)60(9,10)26-25-59(45,7)8)55-44-36-47-48(37-53(44)66-56(55)63)62(12)29-27-61(47,11)28-30-62/h13-24,31-37H,25-30H2,1-12H3/i13D,14D,15D,17D,18D. The Morgan fingerprint density at radius 2 is 1.15 bits per heavy atom. The highest BCUT2D eigenvalue weighted by molar-refractivity contribution is 7.33. The Morgan fingerprint density at radius 1 is 0.545 bits per heavy atom. The molecule has 2 aliphatic heterocycles. The summed E-state index contributed by atoms with van der Waals surface area (Å²) in [5.41, 5.74) is 17.8. The maximum Gasteiger partial charge on any atom is 0.264 e. The van der Waals surface area contributed by atoms with Gasteiger partial charge in [-0.3, -0.25) is 0 Å². The molecule has 1 saturated carbocycles. The highest BCUT2D eigenvalue weighted by Gasteiger charge is 2.50. The van der Waals surface area contributed by atoms with E-state index in [4.69, 9.17) is 4.11 Å². The molecular formula is C62H67BN2S. The van der Waals surface area contributed by atoms with Crippen LogP contribution in [0.1, 0.15) is 162 Å². The Balaban J connectivity index is 1.26. The smallest absolute Gasteiger partial charge is 0.264 e. The molecule has 334 valence electrons. The van der Waals surface area contributed by atoms with Crippen LogP contribution in [0.2, 0.25) is 0 Å². The van der Waals surface area contributed by atoms with Crippen molar-refractivity contribution in [2.45, 2.75) is 154 Å². The first-order valence-corrected chi connectivity index (χ1v) is 25.4. The fourth-order valence-corrected chi connectivity index (χ4v) is 14.1. The molecule has 13 rings (SSSR count). The lowest BCUT2D eigenvalue weighted by Gasteiger charge is -2.52. The first-order chi connectivity index (χ1) is 33.2. The molecule has 3 heterocycles. The largest absolute Gasteiger partial charge is 0.311 e. The van der Waals surface area contributed by atoms with Crippen LogP contribution in [0.5, 0.6) is 0 Å². The number of rotatable bonds is 3. The van der Waals surface area contributed by atoms with Crippen LogP contribution >= 0.6 is 11.3 Å². The van der Waals surface area contributed by atoms with Gasteiger partial charge < -0.3 is 9.80 Å². The van der Waals surface area contributed by atoms with Crippen molar-refractivity contribution in [2.75, 3.05) is 9.80 Å². The first kappa shape index (κ1) is 37.0. The van der Waals surface area contributed by atoms with Crippen LogP contribution in [0.3, 0.4) is 0 Å². The summed E-state index contributed by atoms with van der Waals surface area (Å²) >= 11 is 1.96. The van der Waals surface area contributed by atoms with Crippen molar-refractivity contribution in [3.05, 3.63) is 149 Å². The summed E-state index contributed by atoms with van der Waals surface area (Å²) in [5, 5.41) is 1.27. The molecule has 0 radical (unpaired) electrons. The molecular weight excluding hydrogens is 816 g/mol. The molecule has 0 N–H and O–H groups in total. The van der Waals surface area contributed by atoms with Crippen molar-refractivity contribution in [1.29, 1.82) is 0 Å². The topological polar surface area (TPSA) is 6.48 Å². The van der Waals surface area contributed by atoms with Crippen molar-refractivity contribution in [1.82, 2.24) is 0 Å². The number of hydrogen-bond donors (Lipinski definition) is 0. The molecule has 6 aliphatic rings. The number of hydrogen-bond acceptors (Lipinski definition) is 3. The third-order valence-corrected chi connectivity index (χ3v) is 18.5. The SMILES string of the molecule is [2H]c1c([2H])c([2H])c(-c2cc3c4c(c2)N(c2ccc5c(c2)C(C)(C)CCC5(C)C)c2c(sc5cc6c(cc25)C2(C)CCC6(C)CC2)B4c2ccc(C(C)(C)C)cc2N3c2cccc(C(C)(C)C)c2)c([2H])c1[2H]. The molecule has 0 spiro atoms. The van der Waals surface area contributed by atoms with E-state index in [2.05, 4.69) is 178 Å². The summed E-state index contributed by atoms with van der Waals surface area (Å²) in [6.45, 7) is 28.1. The lowest BCUT2D eigenvalue weighted by molar-refractivity contribution is 0.188. The summed E-state index contributed by atoms with van der Waals surface area (Å²) in [6, 6.07) is 31.4. The Hall–Kier alpha value is -5.06. The second-order valence-electron chi connectivity index (χ2n) is 24.7. The Kier molecular flexibility index (Phi) is 7.72. The average Bonchev–Trinajstić information content (AvgIpc) is 3.69. The summed E-state index contributed by atoms with van der Waals surface area (Å²) in [5.74, 6) is 0. The minimum Gasteiger partial charge on any atom is -0.311 e. The van der Waals surface area contributed by atoms with Crippen molar-refractivity contribution < 1.29 is 6.85 Å². The Morgan fingerprint density at radius 3 is 1.82 bits per heavy atom. The molecule has 66 heavy (non-hydrogen) atoms. The Bertz CT molecular complexity index is 3440. The second kappa shape index (κ2) is 13.8. The van der Waals surface area contributed by atoms with Crippen LogP contribution in [-0.4, -0.2) is 6.71 Å². The predicted octanol–water partition coefficient (Wildman–Crippen LogP) is 15.7. The fourth-order valence-electron chi connectivity index (χ4n) is 12.8. The van der Waals surface area contributed by atoms with Crippen molar-refractivity contribution in [3.8, 4) is 11.1 Å². The van der Waals surface area contributed by atoms with Gasteiger partial charge >= 0.3 is 0 Å². The predicted molar refractivity (Wildman–Crippen MR) is 287 cm³/mol. The maximum atomic E-state index is 9.48. The van der Waals surface area contributed by atoms with E-state index in [1.54, 1.807) is 0 Å². The van der Waals surface area contributed by atoms with Gasteiger partial charge in [0.2, 0.25) is 0 Å². The van der Waals surface area contributed by atoms with E-state index < -0.39 is 0 Å². The average molecular weight is 888 g/mol. The van der Waals surface area contributed by atoms with Gasteiger partial charge in [0.05, 0.1) is 12.5 Å². The molecule has 1 fully saturated rings. The van der Waals surface area contributed by atoms with Crippen molar-refractivity contribution in [3.63, 3.8) is 0 Å². The highest BCUT2D eigenvalue weighted by atomic mass is 32.1. The molecule has 1 aromatic heterocycles. The number of benzene rings is 6. The van der Waals surface area contributed by atoms with Crippen molar-refractivity contribution >= 4 is 78.0 Å². The van der Waals surface area contributed by atoms with Crippen LogP contribution in [0, 0.1) is 0 Å². The zero-order valence-corrected chi connectivity index (χ0v) is 42.0. The molecule has 2 nitrogen and oxygen atoms in total. The quantitative estimate of drug-likeness (QED) is 0.163.